The highest BCUT2D eigenvalue weighted by atomic mass is 32.1. The SMILES string of the molecule is CC/C(=N/NC(=S)Nc1ccc(F)cc1)c1ccc(OC(F)F)cc1. The highest BCUT2D eigenvalue weighted by Crippen LogP contribution is 2.16. The normalized spacial score (nSPS) is 11.3. The molecule has 2 rings (SSSR count). The second-order valence-electron chi connectivity index (χ2n) is 4.89. The third-order valence-corrected chi connectivity index (χ3v) is 3.34. The minimum atomic E-state index is -2.86. The lowest BCUT2D eigenvalue weighted by Gasteiger charge is -2.10. The Labute approximate surface area is 148 Å². The Hall–Kier alpha value is -2.61. The topological polar surface area (TPSA) is 45.7 Å². The van der Waals surface area contributed by atoms with Gasteiger partial charge in [0.15, 0.2) is 5.11 Å². The van der Waals surface area contributed by atoms with Gasteiger partial charge < -0.3 is 10.1 Å². The predicted molar refractivity (Wildman–Crippen MR) is 95.7 cm³/mol. The van der Waals surface area contributed by atoms with Crippen LogP contribution in [-0.2, 0) is 0 Å². The second-order valence-corrected chi connectivity index (χ2v) is 5.30. The van der Waals surface area contributed by atoms with E-state index in [1.165, 1.54) is 24.3 Å². The van der Waals surface area contributed by atoms with Crippen molar-refractivity contribution < 1.29 is 17.9 Å². The molecule has 0 bridgehead atoms. The maximum Gasteiger partial charge on any atom is 0.387 e. The summed E-state index contributed by atoms with van der Waals surface area (Å²) in [5, 5.41) is 7.34. The van der Waals surface area contributed by atoms with Crippen LogP contribution in [0.1, 0.15) is 18.9 Å². The van der Waals surface area contributed by atoms with Gasteiger partial charge in [-0.25, -0.2) is 4.39 Å². The van der Waals surface area contributed by atoms with Crippen LogP contribution in [0.25, 0.3) is 0 Å². The lowest BCUT2D eigenvalue weighted by molar-refractivity contribution is -0.0498. The zero-order valence-electron chi connectivity index (χ0n) is 13.3. The molecule has 0 spiro atoms. The van der Waals surface area contributed by atoms with Crippen molar-refractivity contribution in [2.75, 3.05) is 5.32 Å². The van der Waals surface area contributed by atoms with E-state index in [0.29, 0.717) is 17.8 Å². The Kier molecular flexibility index (Phi) is 6.76. The molecule has 8 heteroatoms. The molecule has 25 heavy (non-hydrogen) atoms. The minimum Gasteiger partial charge on any atom is -0.435 e. The van der Waals surface area contributed by atoms with Crippen molar-refractivity contribution in [1.29, 1.82) is 0 Å². The molecule has 0 heterocycles. The Bertz CT molecular complexity index is 734. The van der Waals surface area contributed by atoms with Crippen LogP contribution in [-0.4, -0.2) is 17.4 Å². The quantitative estimate of drug-likeness (QED) is 0.447. The summed E-state index contributed by atoms with van der Waals surface area (Å²) in [6.07, 6.45) is 0.598. The van der Waals surface area contributed by atoms with E-state index in [2.05, 4.69) is 20.6 Å². The molecule has 0 aromatic heterocycles. The first-order valence-corrected chi connectivity index (χ1v) is 7.83. The van der Waals surface area contributed by atoms with Crippen LogP contribution in [0.5, 0.6) is 5.75 Å². The standard InChI is InChI=1S/C17H16F3N3OS/c1-2-15(11-3-9-14(10-4-11)24-16(19)20)22-23-17(25)21-13-7-5-12(18)6-8-13/h3-10,16H,2H2,1H3,(H2,21,23,25)/b22-15-. The molecule has 0 fully saturated rings. The zero-order chi connectivity index (χ0) is 18.2. The molecule has 132 valence electrons. The summed E-state index contributed by atoms with van der Waals surface area (Å²) in [7, 11) is 0. The van der Waals surface area contributed by atoms with Crippen LogP contribution < -0.4 is 15.5 Å². The summed E-state index contributed by atoms with van der Waals surface area (Å²) in [6.45, 7) is -0.956. The largest absolute Gasteiger partial charge is 0.435 e. The monoisotopic (exact) mass is 367 g/mol. The zero-order valence-corrected chi connectivity index (χ0v) is 14.1. The Morgan fingerprint density at radius 1 is 1.12 bits per heavy atom. The number of benzene rings is 2. The summed E-state index contributed by atoms with van der Waals surface area (Å²) in [5.74, 6) is -0.259. The van der Waals surface area contributed by atoms with Crippen LogP contribution in [0.3, 0.4) is 0 Å². The van der Waals surface area contributed by atoms with Crippen LogP contribution in [0.15, 0.2) is 53.6 Å². The van der Waals surface area contributed by atoms with Gasteiger partial charge in [0, 0.05) is 5.69 Å². The number of nitrogens with zero attached hydrogens (tertiary/aromatic N) is 1. The first-order valence-electron chi connectivity index (χ1n) is 7.42. The molecule has 4 nitrogen and oxygen atoms in total. The van der Waals surface area contributed by atoms with E-state index < -0.39 is 6.61 Å². The number of hydrogen-bond acceptors (Lipinski definition) is 3. The van der Waals surface area contributed by atoms with Crippen molar-refractivity contribution in [3.05, 3.63) is 59.9 Å². The van der Waals surface area contributed by atoms with Gasteiger partial charge in [0.1, 0.15) is 11.6 Å². The van der Waals surface area contributed by atoms with E-state index in [4.69, 9.17) is 12.2 Å². The number of nitrogens with one attached hydrogen (secondary N) is 2. The number of alkyl halides is 2. The number of anilines is 1. The number of ether oxygens (including phenoxy) is 1. The maximum absolute atomic E-state index is 12.9. The van der Waals surface area contributed by atoms with Gasteiger partial charge in [-0.2, -0.15) is 13.9 Å². The Balaban J connectivity index is 1.99. The lowest BCUT2D eigenvalue weighted by Crippen LogP contribution is -2.25. The van der Waals surface area contributed by atoms with E-state index in [1.807, 2.05) is 6.92 Å². The molecule has 0 amide bonds. The molecule has 0 aliphatic carbocycles. The van der Waals surface area contributed by atoms with E-state index >= 15 is 0 Å². The number of thiocarbonyl (C=S) groups is 1. The summed E-state index contributed by atoms with van der Waals surface area (Å²) < 4.78 is 41.5. The van der Waals surface area contributed by atoms with E-state index in [-0.39, 0.29) is 16.7 Å². The fourth-order valence-electron chi connectivity index (χ4n) is 1.99. The van der Waals surface area contributed by atoms with Gasteiger partial charge in [0.2, 0.25) is 0 Å². The summed E-state index contributed by atoms with van der Waals surface area (Å²) in [5.41, 5.74) is 4.77. The van der Waals surface area contributed by atoms with E-state index in [9.17, 15) is 13.2 Å². The van der Waals surface area contributed by atoms with Crippen LogP contribution in [0, 0.1) is 5.82 Å². The van der Waals surface area contributed by atoms with Crippen LogP contribution >= 0.6 is 12.2 Å². The fraction of sp³-hybridized carbons (Fsp3) is 0.176. The summed E-state index contributed by atoms with van der Waals surface area (Å²) >= 11 is 5.13. The molecular weight excluding hydrogens is 351 g/mol. The molecule has 0 saturated carbocycles. The van der Waals surface area contributed by atoms with Crippen LogP contribution in [0.2, 0.25) is 0 Å². The van der Waals surface area contributed by atoms with Gasteiger partial charge >= 0.3 is 6.61 Å². The van der Waals surface area contributed by atoms with Crippen molar-refractivity contribution in [3.8, 4) is 5.75 Å². The maximum atomic E-state index is 12.9. The molecule has 0 aliphatic heterocycles. The Morgan fingerprint density at radius 3 is 2.32 bits per heavy atom. The van der Waals surface area contributed by atoms with Gasteiger partial charge in [0.05, 0.1) is 5.71 Å². The van der Waals surface area contributed by atoms with E-state index in [1.54, 1.807) is 24.3 Å². The van der Waals surface area contributed by atoms with Gasteiger partial charge in [0.25, 0.3) is 0 Å². The molecule has 2 aromatic rings. The van der Waals surface area contributed by atoms with Crippen LogP contribution in [0.4, 0.5) is 18.9 Å². The van der Waals surface area contributed by atoms with E-state index in [0.717, 1.165) is 5.56 Å². The van der Waals surface area contributed by atoms with Crippen molar-refractivity contribution in [2.24, 2.45) is 5.10 Å². The predicted octanol–water partition coefficient (Wildman–Crippen LogP) is 4.53. The lowest BCUT2D eigenvalue weighted by atomic mass is 10.1. The average Bonchev–Trinajstić information content (AvgIpc) is 2.58. The molecular formula is C17H16F3N3OS. The van der Waals surface area contributed by atoms with Crippen molar-refractivity contribution in [3.63, 3.8) is 0 Å². The fourth-order valence-corrected chi connectivity index (χ4v) is 2.15. The summed E-state index contributed by atoms with van der Waals surface area (Å²) in [4.78, 5) is 0. The van der Waals surface area contributed by atoms with Crippen molar-refractivity contribution >= 4 is 28.7 Å². The van der Waals surface area contributed by atoms with Crippen molar-refractivity contribution in [1.82, 2.24) is 5.43 Å². The number of rotatable bonds is 6. The first-order chi connectivity index (χ1) is 12.0. The molecule has 2 aromatic carbocycles. The highest BCUT2D eigenvalue weighted by Gasteiger charge is 2.06. The Morgan fingerprint density at radius 2 is 1.76 bits per heavy atom. The molecule has 0 aliphatic rings. The van der Waals surface area contributed by atoms with Gasteiger partial charge in [-0.1, -0.05) is 6.92 Å². The number of hydrogen-bond donors (Lipinski definition) is 2. The molecule has 0 saturated heterocycles. The van der Waals surface area contributed by atoms with Gasteiger partial charge in [-0.3, -0.25) is 5.43 Å². The van der Waals surface area contributed by atoms with Gasteiger partial charge in [-0.15, -0.1) is 0 Å². The third kappa shape index (κ3) is 6.07. The molecule has 2 N–H and O–H groups in total. The third-order valence-electron chi connectivity index (χ3n) is 3.14. The molecule has 0 unspecified atom stereocenters. The molecule has 0 atom stereocenters. The second kappa shape index (κ2) is 9.03. The van der Waals surface area contributed by atoms with Gasteiger partial charge in [-0.05, 0) is 72.7 Å². The highest BCUT2D eigenvalue weighted by molar-refractivity contribution is 7.80. The first kappa shape index (κ1) is 18.7. The number of hydrazone groups is 1. The minimum absolute atomic E-state index is 0.0793. The van der Waals surface area contributed by atoms with Crippen molar-refractivity contribution in [2.45, 2.75) is 20.0 Å². The smallest absolute Gasteiger partial charge is 0.387 e. The average molecular weight is 367 g/mol. The molecule has 0 radical (unpaired) electrons. The summed E-state index contributed by atoms with van der Waals surface area (Å²) in [6, 6.07) is 11.9. The number of halogens is 3.